The molecule has 0 heterocycles. The van der Waals surface area contributed by atoms with Gasteiger partial charge in [-0.15, -0.1) is 3.89 Å². The Balaban J connectivity index is 2.93. The van der Waals surface area contributed by atoms with Gasteiger partial charge in [0.2, 0.25) is 10.0 Å². The SMILES string of the molecule is CCOCCN(C)S(=O)(=O)c1ccc(S(=O)(=O)F)cc1. The number of hydrogen-bond donors (Lipinski definition) is 0. The van der Waals surface area contributed by atoms with Crippen molar-refractivity contribution in [3.63, 3.8) is 0 Å². The first-order chi connectivity index (χ1) is 9.19. The summed E-state index contributed by atoms with van der Waals surface area (Å²) in [7, 11) is -7.19. The van der Waals surface area contributed by atoms with Gasteiger partial charge in [-0.05, 0) is 31.2 Å². The molecule has 0 amide bonds. The summed E-state index contributed by atoms with van der Waals surface area (Å²) in [5.41, 5.74) is 0. The largest absolute Gasteiger partial charge is 0.380 e. The summed E-state index contributed by atoms with van der Waals surface area (Å²) in [5.74, 6) is 0. The van der Waals surface area contributed by atoms with Crippen molar-refractivity contribution in [1.29, 1.82) is 0 Å². The van der Waals surface area contributed by atoms with Crippen molar-refractivity contribution in [2.75, 3.05) is 26.8 Å². The first-order valence-electron chi connectivity index (χ1n) is 5.78. The summed E-state index contributed by atoms with van der Waals surface area (Å²) in [4.78, 5) is -0.683. The maximum absolute atomic E-state index is 12.7. The molecule has 1 aromatic carbocycles. The Morgan fingerprint density at radius 2 is 1.60 bits per heavy atom. The molecule has 0 atom stereocenters. The fourth-order valence-corrected chi connectivity index (χ4v) is 3.03. The van der Waals surface area contributed by atoms with Crippen LogP contribution in [0.1, 0.15) is 6.92 Å². The van der Waals surface area contributed by atoms with Crippen LogP contribution in [0.25, 0.3) is 0 Å². The molecule has 20 heavy (non-hydrogen) atoms. The van der Waals surface area contributed by atoms with Crippen molar-refractivity contribution >= 4 is 20.2 Å². The second-order valence-electron chi connectivity index (χ2n) is 3.93. The molecule has 0 saturated carbocycles. The lowest BCUT2D eigenvalue weighted by Crippen LogP contribution is -2.30. The maximum Gasteiger partial charge on any atom is 0.332 e. The van der Waals surface area contributed by atoms with Crippen LogP contribution < -0.4 is 0 Å². The van der Waals surface area contributed by atoms with E-state index in [-0.39, 0.29) is 18.0 Å². The van der Waals surface area contributed by atoms with E-state index >= 15 is 0 Å². The number of nitrogens with zero attached hydrogens (tertiary/aromatic N) is 1. The number of rotatable bonds is 7. The summed E-state index contributed by atoms with van der Waals surface area (Å²) >= 11 is 0. The highest BCUT2D eigenvalue weighted by Crippen LogP contribution is 2.18. The maximum atomic E-state index is 12.7. The van der Waals surface area contributed by atoms with Crippen LogP contribution in [0.15, 0.2) is 34.1 Å². The molecular weight excluding hydrogens is 309 g/mol. The molecule has 0 bridgehead atoms. The molecule has 1 rings (SSSR count). The van der Waals surface area contributed by atoms with Crippen LogP contribution >= 0.6 is 0 Å². The minimum atomic E-state index is -4.83. The smallest absolute Gasteiger partial charge is 0.332 e. The van der Waals surface area contributed by atoms with Gasteiger partial charge in [0.05, 0.1) is 16.4 Å². The van der Waals surface area contributed by atoms with Crippen molar-refractivity contribution < 1.29 is 25.5 Å². The number of ether oxygens (including phenoxy) is 1. The topological polar surface area (TPSA) is 80.8 Å². The van der Waals surface area contributed by atoms with Crippen LogP contribution in [0.2, 0.25) is 0 Å². The highest BCUT2D eigenvalue weighted by molar-refractivity contribution is 7.89. The predicted molar refractivity (Wildman–Crippen MR) is 71.0 cm³/mol. The molecule has 0 aliphatic heterocycles. The molecule has 0 aromatic heterocycles. The summed E-state index contributed by atoms with van der Waals surface area (Å²) in [6, 6.07) is 3.94. The van der Waals surface area contributed by atoms with E-state index in [9.17, 15) is 20.7 Å². The van der Waals surface area contributed by atoms with E-state index in [1.54, 1.807) is 6.92 Å². The van der Waals surface area contributed by atoms with E-state index in [2.05, 4.69) is 0 Å². The van der Waals surface area contributed by atoms with Gasteiger partial charge in [-0.1, -0.05) is 0 Å². The van der Waals surface area contributed by atoms with Gasteiger partial charge in [0.1, 0.15) is 0 Å². The number of likely N-dealkylation sites (N-methyl/N-ethyl adjacent to an activating group) is 1. The molecule has 0 radical (unpaired) electrons. The standard InChI is InChI=1S/C11H16FNO5S2/c1-3-18-9-8-13(2)20(16,17)11-6-4-10(5-7-11)19(12,14)15/h4-7H,3,8-9H2,1-2H3. The average Bonchev–Trinajstić information content (AvgIpc) is 2.38. The molecule has 114 valence electrons. The Kier molecular flexibility index (Phi) is 5.63. The molecule has 0 aliphatic rings. The van der Waals surface area contributed by atoms with E-state index in [0.29, 0.717) is 6.61 Å². The van der Waals surface area contributed by atoms with Crippen LogP contribution in [-0.4, -0.2) is 47.9 Å². The molecule has 0 spiro atoms. The highest BCUT2D eigenvalue weighted by atomic mass is 32.3. The van der Waals surface area contributed by atoms with E-state index in [0.717, 1.165) is 28.6 Å². The molecule has 0 fully saturated rings. The second kappa shape index (κ2) is 6.61. The van der Waals surface area contributed by atoms with Gasteiger partial charge >= 0.3 is 10.2 Å². The number of sulfonamides is 1. The van der Waals surface area contributed by atoms with Gasteiger partial charge in [0.15, 0.2) is 0 Å². The zero-order valence-electron chi connectivity index (χ0n) is 11.1. The van der Waals surface area contributed by atoms with Crippen molar-refractivity contribution in [2.24, 2.45) is 0 Å². The molecular formula is C11H16FNO5S2. The lowest BCUT2D eigenvalue weighted by atomic mass is 10.4. The minimum absolute atomic E-state index is 0.108. The average molecular weight is 325 g/mol. The molecule has 0 saturated heterocycles. The van der Waals surface area contributed by atoms with Gasteiger partial charge in [0, 0.05) is 20.2 Å². The normalized spacial score (nSPS) is 12.8. The third-order valence-electron chi connectivity index (χ3n) is 2.57. The van der Waals surface area contributed by atoms with Crippen LogP contribution in [0.4, 0.5) is 3.89 Å². The minimum Gasteiger partial charge on any atom is -0.380 e. The Hall–Kier alpha value is -1.03. The first kappa shape index (κ1) is 17.0. The zero-order chi connectivity index (χ0) is 15.4. The fraction of sp³-hybridized carbons (Fsp3) is 0.455. The van der Waals surface area contributed by atoms with Gasteiger partial charge in [0.25, 0.3) is 0 Å². The fourth-order valence-electron chi connectivity index (χ4n) is 1.41. The molecule has 0 unspecified atom stereocenters. The summed E-state index contributed by atoms with van der Waals surface area (Å²) in [6.45, 7) is 2.70. The lowest BCUT2D eigenvalue weighted by molar-refractivity contribution is 0.138. The lowest BCUT2D eigenvalue weighted by Gasteiger charge is -2.17. The van der Waals surface area contributed by atoms with Crippen molar-refractivity contribution in [2.45, 2.75) is 16.7 Å². The monoisotopic (exact) mass is 325 g/mol. The summed E-state index contributed by atoms with van der Waals surface area (Å²) in [6.07, 6.45) is 0. The third-order valence-corrected chi connectivity index (χ3v) is 5.27. The third kappa shape index (κ3) is 4.23. The summed E-state index contributed by atoms with van der Waals surface area (Å²) < 4.78 is 64.4. The van der Waals surface area contributed by atoms with Crippen LogP contribution in [0, 0.1) is 0 Å². The number of benzene rings is 1. The predicted octanol–water partition coefficient (Wildman–Crippen LogP) is 1.00. The molecule has 6 nitrogen and oxygen atoms in total. The molecule has 9 heteroatoms. The Morgan fingerprint density at radius 3 is 2.05 bits per heavy atom. The van der Waals surface area contributed by atoms with Crippen LogP contribution in [-0.2, 0) is 25.0 Å². The van der Waals surface area contributed by atoms with Crippen molar-refractivity contribution in [1.82, 2.24) is 4.31 Å². The van der Waals surface area contributed by atoms with Crippen molar-refractivity contribution in [3.05, 3.63) is 24.3 Å². The van der Waals surface area contributed by atoms with Gasteiger partial charge < -0.3 is 4.74 Å². The molecule has 0 aliphatic carbocycles. The summed E-state index contributed by atoms with van der Waals surface area (Å²) in [5, 5.41) is 0. The van der Waals surface area contributed by atoms with Crippen LogP contribution in [0.5, 0.6) is 0 Å². The highest BCUT2D eigenvalue weighted by Gasteiger charge is 2.21. The second-order valence-corrected chi connectivity index (χ2v) is 7.32. The van der Waals surface area contributed by atoms with E-state index in [1.165, 1.54) is 7.05 Å². The van der Waals surface area contributed by atoms with E-state index < -0.39 is 25.1 Å². The zero-order valence-corrected chi connectivity index (χ0v) is 12.7. The Morgan fingerprint density at radius 1 is 1.10 bits per heavy atom. The molecule has 1 aromatic rings. The number of halogens is 1. The van der Waals surface area contributed by atoms with Gasteiger partial charge in [-0.2, -0.15) is 12.7 Å². The van der Waals surface area contributed by atoms with E-state index in [4.69, 9.17) is 4.74 Å². The van der Waals surface area contributed by atoms with Crippen molar-refractivity contribution in [3.8, 4) is 0 Å². The van der Waals surface area contributed by atoms with Crippen LogP contribution in [0.3, 0.4) is 0 Å². The Bertz CT molecular complexity index is 640. The quantitative estimate of drug-likeness (QED) is 0.552. The Labute approximate surface area is 118 Å². The molecule has 0 N–H and O–H groups in total. The first-order valence-corrected chi connectivity index (χ1v) is 8.60. The van der Waals surface area contributed by atoms with Gasteiger partial charge in [-0.25, -0.2) is 8.42 Å². The van der Waals surface area contributed by atoms with E-state index in [1.807, 2.05) is 0 Å². The van der Waals surface area contributed by atoms with Gasteiger partial charge in [-0.3, -0.25) is 0 Å². The number of hydrogen-bond acceptors (Lipinski definition) is 5.